The van der Waals surface area contributed by atoms with Crippen LogP contribution in [0.1, 0.15) is 11.3 Å². The standard InChI is InChI=1S/C21H16F3N3O2S/c22-21(23,24)29-18-9-5-4-8-15(18)11-25-19(28)10-16-13-30-20-26-17(12-27(16)20)14-6-2-1-3-7-14/h1-9,12-13H,10-11H2,(H,25,28). The summed E-state index contributed by atoms with van der Waals surface area (Å²) in [6.07, 6.45) is -2.84. The minimum Gasteiger partial charge on any atom is -0.405 e. The van der Waals surface area contributed by atoms with Gasteiger partial charge in [-0.1, -0.05) is 48.5 Å². The maximum Gasteiger partial charge on any atom is 0.573 e. The van der Waals surface area contributed by atoms with Crippen molar-refractivity contribution in [1.82, 2.24) is 14.7 Å². The van der Waals surface area contributed by atoms with E-state index in [2.05, 4.69) is 15.0 Å². The van der Waals surface area contributed by atoms with Gasteiger partial charge in [0, 0.05) is 34.9 Å². The maximum absolute atomic E-state index is 12.5. The molecule has 0 aliphatic heterocycles. The van der Waals surface area contributed by atoms with Gasteiger partial charge in [0.2, 0.25) is 5.91 Å². The molecule has 2 aromatic carbocycles. The molecule has 0 aliphatic carbocycles. The summed E-state index contributed by atoms with van der Waals surface area (Å²) in [7, 11) is 0. The summed E-state index contributed by atoms with van der Waals surface area (Å²) in [5, 5.41) is 4.50. The predicted octanol–water partition coefficient (Wildman–Crippen LogP) is 4.82. The molecule has 4 aromatic rings. The Morgan fingerprint density at radius 3 is 2.60 bits per heavy atom. The van der Waals surface area contributed by atoms with Crippen molar-refractivity contribution >= 4 is 22.2 Å². The number of thiazole rings is 1. The van der Waals surface area contributed by atoms with Crippen LogP contribution in [0.3, 0.4) is 0 Å². The first-order valence-corrected chi connectivity index (χ1v) is 9.88. The van der Waals surface area contributed by atoms with E-state index in [0.717, 1.165) is 21.9 Å². The Kier molecular flexibility index (Phi) is 5.45. The van der Waals surface area contributed by atoms with Gasteiger partial charge in [-0.3, -0.25) is 9.20 Å². The summed E-state index contributed by atoms with van der Waals surface area (Å²) in [5.41, 5.74) is 2.78. The molecule has 30 heavy (non-hydrogen) atoms. The second-order valence-corrected chi connectivity index (χ2v) is 7.32. The zero-order valence-electron chi connectivity index (χ0n) is 15.5. The minimum absolute atomic E-state index is 0.0719. The summed E-state index contributed by atoms with van der Waals surface area (Å²) < 4.78 is 43.5. The van der Waals surface area contributed by atoms with Crippen LogP contribution < -0.4 is 10.1 Å². The third kappa shape index (κ3) is 4.62. The number of alkyl halides is 3. The molecule has 9 heteroatoms. The van der Waals surface area contributed by atoms with E-state index in [4.69, 9.17) is 0 Å². The second-order valence-electron chi connectivity index (χ2n) is 6.48. The van der Waals surface area contributed by atoms with Crippen molar-refractivity contribution in [2.24, 2.45) is 0 Å². The van der Waals surface area contributed by atoms with Gasteiger partial charge in [-0.25, -0.2) is 4.98 Å². The van der Waals surface area contributed by atoms with Gasteiger partial charge in [-0.2, -0.15) is 0 Å². The summed E-state index contributed by atoms with van der Waals surface area (Å²) in [6, 6.07) is 15.4. The van der Waals surface area contributed by atoms with Crippen molar-refractivity contribution in [3.8, 4) is 17.0 Å². The Bertz CT molecular complexity index is 1170. The van der Waals surface area contributed by atoms with Gasteiger partial charge in [-0.15, -0.1) is 24.5 Å². The predicted molar refractivity (Wildman–Crippen MR) is 107 cm³/mol. The fourth-order valence-electron chi connectivity index (χ4n) is 3.00. The van der Waals surface area contributed by atoms with Gasteiger partial charge in [0.05, 0.1) is 12.1 Å². The zero-order chi connectivity index (χ0) is 21.1. The molecule has 0 unspecified atom stereocenters. The lowest BCUT2D eigenvalue weighted by molar-refractivity contribution is -0.274. The van der Waals surface area contributed by atoms with E-state index in [1.807, 2.05) is 46.3 Å². The monoisotopic (exact) mass is 431 g/mol. The fourth-order valence-corrected chi connectivity index (χ4v) is 3.87. The normalized spacial score (nSPS) is 11.6. The average Bonchev–Trinajstić information content (AvgIpc) is 3.29. The van der Waals surface area contributed by atoms with Crippen LogP contribution in [-0.4, -0.2) is 21.7 Å². The first-order valence-electron chi connectivity index (χ1n) is 9.00. The molecule has 0 bridgehead atoms. The molecule has 5 nitrogen and oxygen atoms in total. The molecular formula is C21H16F3N3O2S. The van der Waals surface area contributed by atoms with E-state index < -0.39 is 6.36 Å². The number of hydrogen-bond donors (Lipinski definition) is 1. The summed E-state index contributed by atoms with van der Waals surface area (Å²) in [5.74, 6) is -0.642. The number of nitrogens with one attached hydrogen (secondary N) is 1. The number of carbonyl (C=O) groups excluding carboxylic acids is 1. The smallest absolute Gasteiger partial charge is 0.405 e. The molecule has 0 fully saturated rings. The van der Waals surface area contributed by atoms with Crippen LogP contribution in [0, 0.1) is 0 Å². The van der Waals surface area contributed by atoms with E-state index in [-0.39, 0.29) is 30.2 Å². The molecule has 0 aliphatic rings. The number of ether oxygens (including phenoxy) is 1. The molecule has 2 aromatic heterocycles. The van der Waals surface area contributed by atoms with Crippen molar-refractivity contribution < 1.29 is 22.7 Å². The minimum atomic E-state index is -4.79. The van der Waals surface area contributed by atoms with Crippen LogP contribution in [0.5, 0.6) is 5.75 Å². The number of aromatic nitrogens is 2. The lowest BCUT2D eigenvalue weighted by Crippen LogP contribution is -2.26. The SMILES string of the molecule is O=C(Cc1csc2nc(-c3ccccc3)cn12)NCc1ccccc1OC(F)(F)F. The lowest BCUT2D eigenvalue weighted by atomic mass is 10.2. The Labute approximate surface area is 173 Å². The van der Waals surface area contributed by atoms with E-state index >= 15 is 0 Å². The number of carbonyl (C=O) groups is 1. The molecule has 2 heterocycles. The first-order chi connectivity index (χ1) is 14.4. The van der Waals surface area contributed by atoms with Crippen LogP contribution in [0.25, 0.3) is 16.2 Å². The number of amides is 1. The molecule has 0 spiro atoms. The number of benzene rings is 2. The number of rotatable bonds is 6. The van der Waals surface area contributed by atoms with E-state index in [1.165, 1.54) is 29.5 Å². The number of fused-ring (bicyclic) bond motifs is 1. The van der Waals surface area contributed by atoms with Crippen molar-refractivity contribution in [2.45, 2.75) is 19.3 Å². The number of imidazole rings is 1. The van der Waals surface area contributed by atoms with Crippen LogP contribution in [0.2, 0.25) is 0 Å². The van der Waals surface area contributed by atoms with Gasteiger partial charge >= 0.3 is 6.36 Å². The Morgan fingerprint density at radius 1 is 1.10 bits per heavy atom. The molecule has 0 saturated carbocycles. The van der Waals surface area contributed by atoms with Crippen molar-refractivity contribution in [3.63, 3.8) is 0 Å². The van der Waals surface area contributed by atoms with E-state index in [9.17, 15) is 18.0 Å². The Hall–Kier alpha value is -3.33. The number of halogens is 3. The highest BCUT2D eigenvalue weighted by molar-refractivity contribution is 7.15. The third-order valence-electron chi connectivity index (χ3n) is 4.37. The highest BCUT2D eigenvalue weighted by atomic mass is 32.1. The summed E-state index contributed by atoms with van der Waals surface area (Å²) in [6.45, 7) is -0.0719. The Balaban J connectivity index is 1.44. The number of nitrogens with zero attached hydrogens (tertiary/aromatic N) is 2. The largest absolute Gasteiger partial charge is 0.573 e. The molecule has 0 radical (unpaired) electrons. The molecule has 4 rings (SSSR count). The van der Waals surface area contributed by atoms with Gasteiger partial charge < -0.3 is 10.1 Å². The highest BCUT2D eigenvalue weighted by Gasteiger charge is 2.32. The average molecular weight is 431 g/mol. The van der Waals surface area contributed by atoms with Crippen molar-refractivity contribution in [2.75, 3.05) is 0 Å². The van der Waals surface area contributed by atoms with Gasteiger partial charge in [0.25, 0.3) is 0 Å². The number of para-hydroxylation sites is 1. The molecular weight excluding hydrogens is 415 g/mol. The molecule has 0 atom stereocenters. The van der Waals surface area contributed by atoms with Crippen LogP contribution in [0.15, 0.2) is 66.2 Å². The lowest BCUT2D eigenvalue weighted by Gasteiger charge is -2.13. The molecule has 1 N–H and O–H groups in total. The summed E-state index contributed by atoms with van der Waals surface area (Å²) in [4.78, 5) is 17.7. The van der Waals surface area contributed by atoms with Crippen molar-refractivity contribution in [3.05, 3.63) is 77.4 Å². The van der Waals surface area contributed by atoms with Crippen LogP contribution in [0.4, 0.5) is 13.2 Å². The maximum atomic E-state index is 12.5. The van der Waals surface area contributed by atoms with Gasteiger partial charge in [0.15, 0.2) is 4.96 Å². The quantitative estimate of drug-likeness (QED) is 0.476. The molecule has 1 amide bonds. The Morgan fingerprint density at radius 2 is 1.83 bits per heavy atom. The third-order valence-corrected chi connectivity index (χ3v) is 5.26. The first kappa shape index (κ1) is 20.0. The summed E-state index contributed by atoms with van der Waals surface area (Å²) >= 11 is 1.42. The number of hydrogen-bond acceptors (Lipinski definition) is 4. The highest BCUT2D eigenvalue weighted by Crippen LogP contribution is 2.26. The fraction of sp³-hybridized carbons (Fsp3) is 0.143. The van der Waals surface area contributed by atoms with Gasteiger partial charge in [0.1, 0.15) is 5.75 Å². The topological polar surface area (TPSA) is 55.6 Å². The zero-order valence-corrected chi connectivity index (χ0v) is 16.3. The van der Waals surface area contributed by atoms with Gasteiger partial charge in [-0.05, 0) is 6.07 Å². The van der Waals surface area contributed by atoms with Crippen molar-refractivity contribution in [1.29, 1.82) is 0 Å². The van der Waals surface area contributed by atoms with E-state index in [1.54, 1.807) is 6.07 Å². The molecule has 154 valence electrons. The second kappa shape index (κ2) is 8.19. The molecule has 0 saturated heterocycles. The van der Waals surface area contributed by atoms with E-state index in [0.29, 0.717) is 0 Å². The van der Waals surface area contributed by atoms with Crippen LogP contribution >= 0.6 is 11.3 Å². The van der Waals surface area contributed by atoms with Crippen LogP contribution in [-0.2, 0) is 17.8 Å².